The van der Waals surface area contributed by atoms with Gasteiger partial charge in [-0.15, -0.1) is 0 Å². The zero-order chi connectivity index (χ0) is 17.1. The number of carbonyl (C=O) groups is 1. The first-order valence-electron chi connectivity index (χ1n) is 7.15. The van der Waals surface area contributed by atoms with Crippen LogP contribution in [0.1, 0.15) is 11.1 Å². The number of benzene rings is 2. The van der Waals surface area contributed by atoms with E-state index in [9.17, 15) is 4.79 Å². The molecule has 0 atom stereocenters. The molecule has 24 heavy (non-hydrogen) atoms. The van der Waals surface area contributed by atoms with Crippen LogP contribution in [0.4, 0.5) is 0 Å². The van der Waals surface area contributed by atoms with Crippen LogP contribution in [0.3, 0.4) is 0 Å². The SMILES string of the molecule is Cc1cc(Cl)ccc1OCC(=O)OCc1cc2c(cc1Br)OCO2. The number of hydrogen-bond donors (Lipinski definition) is 0. The Morgan fingerprint density at radius 3 is 2.75 bits per heavy atom. The van der Waals surface area contributed by atoms with Crippen LogP contribution in [0.15, 0.2) is 34.8 Å². The summed E-state index contributed by atoms with van der Waals surface area (Å²) in [6, 6.07) is 8.77. The van der Waals surface area contributed by atoms with Gasteiger partial charge in [-0.25, -0.2) is 4.79 Å². The Labute approximate surface area is 152 Å². The van der Waals surface area contributed by atoms with Crippen LogP contribution in [0.2, 0.25) is 5.02 Å². The quantitative estimate of drug-likeness (QED) is 0.686. The molecule has 3 rings (SSSR count). The van der Waals surface area contributed by atoms with Crippen molar-refractivity contribution in [1.29, 1.82) is 0 Å². The van der Waals surface area contributed by atoms with Crippen molar-refractivity contribution in [2.75, 3.05) is 13.4 Å². The normalized spacial score (nSPS) is 12.1. The van der Waals surface area contributed by atoms with Gasteiger partial charge in [0.1, 0.15) is 12.4 Å². The van der Waals surface area contributed by atoms with Crippen LogP contribution in [-0.4, -0.2) is 19.4 Å². The fourth-order valence-electron chi connectivity index (χ4n) is 2.18. The minimum absolute atomic E-state index is 0.110. The molecule has 0 amide bonds. The first kappa shape index (κ1) is 16.9. The molecule has 2 aromatic rings. The Kier molecular flexibility index (Phi) is 5.16. The van der Waals surface area contributed by atoms with Gasteiger partial charge in [0.2, 0.25) is 6.79 Å². The molecule has 1 aliphatic heterocycles. The van der Waals surface area contributed by atoms with E-state index in [0.29, 0.717) is 22.3 Å². The number of rotatable bonds is 5. The molecule has 126 valence electrons. The molecule has 0 unspecified atom stereocenters. The number of ether oxygens (including phenoxy) is 4. The van der Waals surface area contributed by atoms with Crippen molar-refractivity contribution in [2.24, 2.45) is 0 Å². The molecular weight excluding hydrogens is 400 g/mol. The topological polar surface area (TPSA) is 54.0 Å². The smallest absolute Gasteiger partial charge is 0.344 e. The average molecular weight is 414 g/mol. The van der Waals surface area contributed by atoms with E-state index in [-0.39, 0.29) is 20.0 Å². The van der Waals surface area contributed by atoms with Crippen LogP contribution in [0.5, 0.6) is 17.2 Å². The van der Waals surface area contributed by atoms with Gasteiger partial charge in [-0.1, -0.05) is 27.5 Å². The Morgan fingerprint density at radius 1 is 1.25 bits per heavy atom. The summed E-state index contributed by atoms with van der Waals surface area (Å²) in [5.41, 5.74) is 1.64. The third-order valence-electron chi connectivity index (χ3n) is 3.41. The van der Waals surface area contributed by atoms with E-state index in [0.717, 1.165) is 15.6 Å². The van der Waals surface area contributed by atoms with Crippen molar-refractivity contribution in [3.8, 4) is 17.2 Å². The first-order chi connectivity index (χ1) is 11.5. The summed E-state index contributed by atoms with van der Waals surface area (Å²) in [4.78, 5) is 11.9. The second-order valence-corrected chi connectivity index (χ2v) is 6.45. The maximum Gasteiger partial charge on any atom is 0.344 e. The maximum absolute atomic E-state index is 11.9. The zero-order valence-electron chi connectivity index (χ0n) is 12.8. The molecule has 7 heteroatoms. The predicted molar refractivity (Wildman–Crippen MR) is 91.7 cm³/mol. The number of halogens is 2. The lowest BCUT2D eigenvalue weighted by atomic mass is 10.2. The van der Waals surface area contributed by atoms with E-state index in [1.54, 1.807) is 30.3 Å². The number of esters is 1. The molecule has 0 N–H and O–H groups in total. The summed E-state index contributed by atoms with van der Waals surface area (Å²) in [7, 11) is 0. The molecule has 0 aliphatic carbocycles. The maximum atomic E-state index is 11.9. The van der Waals surface area contributed by atoms with Gasteiger partial charge in [0, 0.05) is 15.1 Å². The van der Waals surface area contributed by atoms with E-state index in [4.69, 9.17) is 30.5 Å². The average Bonchev–Trinajstić information content (AvgIpc) is 2.98. The second kappa shape index (κ2) is 7.32. The molecule has 1 heterocycles. The Balaban J connectivity index is 1.54. The van der Waals surface area contributed by atoms with Crippen molar-refractivity contribution in [1.82, 2.24) is 0 Å². The van der Waals surface area contributed by atoms with Crippen molar-refractivity contribution in [3.63, 3.8) is 0 Å². The summed E-state index contributed by atoms with van der Waals surface area (Å²) in [5.74, 6) is 1.44. The molecule has 0 fully saturated rings. The van der Waals surface area contributed by atoms with Crippen molar-refractivity contribution in [2.45, 2.75) is 13.5 Å². The summed E-state index contributed by atoms with van der Waals surface area (Å²) < 4.78 is 22.1. The molecule has 0 bridgehead atoms. The molecule has 0 saturated carbocycles. The standard InChI is InChI=1S/C17H14BrClO5/c1-10-4-12(19)2-3-14(10)21-8-17(20)22-7-11-5-15-16(6-13(11)18)24-9-23-15/h2-6H,7-9H2,1H3. The third-order valence-corrected chi connectivity index (χ3v) is 4.39. The van der Waals surface area contributed by atoms with Gasteiger partial charge in [0.05, 0.1) is 0 Å². The van der Waals surface area contributed by atoms with E-state index in [1.807, 2.05) is 6.92 Å². The molecule has 2 aromatic carbocycles. The third kappa shape index (κ3) is 3.94. The highest BCUT2D eigenvalue weighted by Gasteiger charge is 2.17. The van der Waals surface area contributed by atoms with E-state index in [2.05, 4.69) is 15.9 Å². The van der Waals surface area contributed by atoms with E-state index >= 15 is 0 Å². The highest BCUT2D eigenvalue weighted by molar-refractivity contribution is 9.10. The van der Waals surface area contributed by atoms with Crippen molar-refractivity contribution < 1.29 is 23.7 Å². The minimum atomic E-state index is -0.464. The van der Waals surface area contributed by atoms with Gasteiger partial charge in [-0.05, 0) is 42.8 Å². The lowest BCUT2D eigenvalue weighted by Gasteiger charge is -2.10. The zero-order valence-corrected chi connectivity index (χ0v) is 15.1. The van der Waals surface area contributed by atoms with Crippen LogP contribution in [0, 0.1) is 6.92 Å². The van der Waals surface area contributed by atoms with Crippen LogP contribution in [-0.2, 0) is 16.1 Å². The predicted octanol–water partition coefficient (Wildman–Crippen LogP) is 4.26. The molecular formula is C17H14BrClO5. The summed E-state index contributed by atoms with van der Waals surface area (Å²) in [5, 5.41) is 0.620. The number of fused-ring (bicyclic) bond motifs is 1. The van der Waals surface area contributed by atoms with Gasteiger partial charge >= 0.3 is 5.97 Å². The van der Waals surface area contributed by atoms with Crippen LogP contribution < -0.4 is 14.2 Å². The Morgan fingerprint density at radius 2 is 2.00 bits per heavy atom. The molecule has 0 radical (unpaired) electrons. The second-order valence-electron chi connectivity index (χ2n) is 5.16. The van der Waals surface area contributed by atoms with Gasteiger partial charge in [0.15, 0.2) is 18.1 Å². The van der Waals surface area contributed by atoms with Crippen molar-refractivity contribution >= 4 is 33.5 Å². The molecule has 0 saturated heterocycles. The lowest BCUT2D eigenvalue weighted by Crippen LogP contribution is -2.15. The molecule has 5 nitrogen and oxygen atoms in total. The van der Waals surface area contributed by atoms with E-state index in [1.165, 1.54) is 0 Å². The summed E-state index contributed by atoms with van der Waals surface area (Å²) in [6.45, 7) is 1.99. The fourth-order valence-corrected chi connectivity index (χ4v) is 2.84. The van der Waals surface area contributed by atoms with Gasteiger partial charge in [-0.3, -0.25) is 0 Å². The van der Waals surface area contributed by atoms with Gasteiger partial charge < -0.3 is 18.9 Å². The summed E-state index contributed by atoms with van der Waals surface area (Å²) in [6.07, 6.45) is 0. The highest BCUT2D eigenvalue weighted by Crippen LogP contribution is 2.37. The largest absolute Gasteiger partial charge is 0.482 e. The lowest BCUT2D eigenvalue weighted by molar-refractivity contribution is -0.147. The van der Waals surface area contributed by atoms with Gasteiger partial charge in [-0.2, -0.15) is 0 Å². The number of carbonyl (C=O) groups excluding carboxylic acids is 1. The highest BCUT2D eigenvalue weighted by atomic mass is 79.9. The molecule has 1 aliphatic rings. The van der Waals surface area contributed by atoms with E-state index < -0.39 is 5.97 Å². The molecule has 0 aromatic heterocycles. The van der Waals surface area contributed by atoms with Crippen LogP contribution >= 0.6 is 27.5 Å². The molecule has 0 spiro atoms. The van der Waals surface area contributed by atoms with Gasteiger partial charge in [0.25, 0.3) is 0 Å². The first-order valence-corrected chi connectivity index (χ1v) is 8.32. The fraction of sp³-hybridized carbons (Fsp3) is 0.235. The summed E-state index contributed by atoms with van der Waals surface area (Å²) >= 11 is 9.30. The Bertz CT molecular complexity index is 778. The van der Waals surface area contributed by atoms with Crippen LogP contribution in [0.25, 0.3) is 0 Å². The minimum Gasteiger partial charge on any atom is -0.482 e. The number of hydrogen-bond acceptors (Lipinski definition) is 5. The monoisotopic (exact) mass is 412 g/mol. The van der Waals surface area contributed by atoms with Crippen molar-refractivity contribution in [3.05, 3.63) is 51.0 Å². The Hall–Kier alpha value is -1.92. The number of aryl methyl sites for hydroxylation is 1.